The van der Waals surface area contributed by atoms with Crippen molar-refractivity contribution in [3.8, 4) is 5.75 Å². The van der Waals surface area contributed by atoms with Crippen LogP contribution < -0.4 is 10.1 Å². The molecule has 0 radical (unpaired) electrons. The van der Waals surface area contributed by atoms with Crippen molar-refractivity contribution in [2.24, 2.45) is 0 Å². The number of halogens is 1. The first-order valence-electron chi connectivity index (χ1n) is 7.75. The summed E-state index contributed by atoms with van der Waals surface area (Å²) in [7, 11) is 0. The first kappa shape index (κ1) is 17.4. The standard InChI is InChI=1S/C19H22ClNO2/c1-13(2)15-6-10-18(11-7-15)23-12-14(3)21-19(22)16-4-8-17(20)9-5-16/h4-11,13-14H,12H2,1-3H3,(H,21,22)/t14-/m0/s1. The quantitative estimate of drug-likeness (QED) is 0.836. The molecule has 3 nitrogen and oxygen atoms in total. The number of amides is 1. The van der Waals surface area contributed by atoms with Gasteiger partial charge in [-0.05, 0) is 54.8 Å². The smallest absolute Gasteiger partial charge is 0.251 e. The van der Waals surface area contributed by atoms with E-state index in [0.29, 0.717) is 23.1 Å². The number of hydrogen-bond donors (Lipinski definition) is 1. The molecule has 2 aromatic carbocycles. The molecule has 0 fully saturated rings. The maximum Gasteiger partial charge on any atom is 0.251 e. The number of hydrogen-bond acceptors (Lipinski definition) is 2. The molecule has 0 aliphatic carbocycles. The number of carbonyl (C=O) groups is 1. The highest BCUT2D eigenvalue weighted by atomic mass is 35.5. The van der Waals surface area contributed by atoms with Crippen LogP contribution in [0.5, 0.6) is 5.75 Å². The van der Waals surface area contributed by atoms with E-state index < -0.39 is 0 Å². The SMILES string of the molecule is CC(C)c1ccc(OC[C@H](C)NC(=O)c2ccc(Cl)cc2)cc1. The van der Waals surface area contributed by atoms with Gasteiger partial charge in [0.25, 0.3) is 5.91 Å². The van der Waals surface area contributed by atoms with Crippen molar-refractivity contribution < 1.29 is 9.53 Å². The van der Waals surface area contributed by atoms with Gasteiger partial charge >= 0.3 is 0 Å². The summed E-state index contributed by atoms with van der Waals surface area (Å²) >= 11 is 5.82. The lowest BCUT2D eigenvalue weighted by Gasteiger charge is -2.15. The highest BCUT2D eigenvalue weighted by Gasteiger charge is 2.10. The minimum absolute atomic E-state index is 0.0945. The number of carbonyl (C=O) groups excluding carboxylic acids is 1. The second-order valence-electron chi connectivity index (χ2n) is 5.92. The second kappa shape index (κ2) is 8.02. The summed E-state index contributed by atoms with van der Waals surface area (Å²) in [4.78, 5) is 12.1. The van der Waals surface area contributed by atoms with E-state index in [1.807, 2.05) is 19.1 Å². The summed E-state index contributed by atoms with van der Waals surface area (Å²) in [6.45, 7) is 6.64. The molecule has 122 valence electrons. The average molecular weight is 332 g/mol. The number of rotatable bonds is 6. The lowest BCUT2D eigenvalue weighted by molar-refractivity contribution is 0.0926. The van der Waals surface area contributed by atoms with E-state index in [0.717, 1.165) is 5.75 Å². The third-order valence-corrected chi connectivity index (χ3v) is 3.78. The molecule has 0 saturated carbocycles. The van der Waals surface area contributed by atoms with E-state index in [1.54, 1.807) is 24.3 Å². The summed E-state index contributed by atoms with van der Waals surface area (Å²) in [5.41, 5.74) is 1.86. The molecule has 0 bridgehead atoms. The van der Waals surface area contributed by atoms with Crippen LogP contribution in [0.15, 0.2) is 48.5 Å². The molecule has 0 aromatic heterocycles. The van der Waals surface area contributed by atoms with Crippen molar-refractivity contribution in [3.05, 3.63) is 64.7 Å². The Hall–Kier alpha value is -2.00. The summed E-state index contributed by atoms with van der Waals surface area (Å²) in [5, 5.41) is 3.52. The predicted molar refractivity (Wildman–Crippen MR) is 94.4 cm³/mol. The van der Waals surface area contributed by atoms with E-state index in [4.69, 9.17) is 16.3 Å². The monoisotopic (exact) mass is 331 g/mol. The van der Waals surface area contributed by atoms with Crippen LogP contribution in [-0.2, 0) is 0 Å². The normalized spacial score (nSPS) is 12.0. The maximum absolute atomic E-state index is 12.1. The topological polar surface area (TPSA) is 38.3 Å². The minimum Gasteiger partial charge on any atom is -0.491 e. The Kier molecular flexibility index (Phi) is 6.05. The Morgan fingerprint density at radius 1 is 1.04 bits per heavy atom. The largest absolute Gasteiger partial charge is 0.491 e. The summed E-state index contributed by atoms with van der Waals surface area (Å²) in [6, 6.07) is 14.8. The van der Waals surface area contributed by atoms with Gasteiger partial charge in [0.1, 0.15) is 12.4 Å². The van der Waals surface area contributed by atoms with Crippen molar-refractivity contribution in [3.63, 3.8) is 0 Å². The molecule has 0 spiro atoms. The zero-order valence-electron chi connectivity index (χ0n) is 13.7. The maximum atomic E-state index is 12.1. The second-order valence-corrected chi connectivity index (χ2v) is 6.35. The highest BCUT2D eigenvalue weighted by molar-refractivity contribution is 6.30. The number of benzene rings is 2. The van der Waals surface area contributed by atoms with E-state index >= 15 is 0 Å². The molecule has 1 amide bonds. The Morgan fingerprint density at radius 2 is 1.65 bits per heavy atom. The molecule has 2 aromatic rings. The molecule has 0 heterocycles. The van der Waals surface area contributed by atoms with Crippen LogP contribution in [0.1, 0.15) is 42.6 Å². The van der Waals surface area contributed by atoms with Gasteiger partial charge in [-0.1, -0.05) is 37.6 Å². The van der Waals surface area contributed by atoms with E-state index in [2.05, 4.69) is 31.3 Å². The molecular weight excluding hydrogens is 310 g/mol. The van der Waals surface area contributed by atoms with E-state index in [1.165, 1.54) is 5.56 Å². The van der Waals surface area contributed by atoms with Crippen molar-refractivity contribution in [2.75, 3.05) is 6.61 Å². The third-order valence-electron chi connectivity index (χ3n) is 3.53. The van der Waals surface area contributed by atoms with Crippen molar-refractivity contribution in [1.29, 1.82) is 0 Å². The Bertz CT molecular complexity index is 635. The third kappa shape index (κ3) is 5.29. The molecule has 0 saturated heterocycles. The molecule has 1 N–H and O–H groups in total. The van der Waals surface area contributed by atoms with Crippen LogP contribution in [-0.4, -0.2) is 18.6 Å². The van der Waals surface area contributed by atoms with E-state index in [9.17, 15) is 4.79 Å². The van der Waals surface area contributed by atoms with Gasteiger partial charge in [0, 0.05) is 10.6 Å². The summed E-state index contributed by atoms with van der Waals surface area (Å²) < 4.78 is 5.72. The molecule has 4 heteroatoms. The molecule has 1 atom stereocenters. The number of ether oxygens (including phenoxy) is 1. The van der Waals surface area contributed by atoms with Crippen molar-refractivity contribution in [1.82, 2.24) is 5.32 Å². The van der Waals surface area contributed by atoms with Crippen LogP contribution in [0.2, 0.25) is 5.02 Å². The molecule has 2 rings (SSSR count). The number of nitrogens with one attached hydrogen (secondary N) is 1. The lowest BCUT2D eigenvalue weighted by atomic mass is 10.0. The van der Waals surface area contributed by atoms with Crippen LogP contribution in [0, 0.1) is 0 Å². The van der Waals surface area contributed by atoms with Crippen LogP contribution in [0.3, 0.4) is 0 Å². The Balaban J connectivity index is 1.83. The van der Waals surface area contributed by atoms with Crippen LogP contribution in [0.4, 0.5) is 0 Å². The van der Waals surface area contributed by atoms with Gasteiger partial charge in [-0.3, -0.25) is 4.79 Å². The molecule has 0 unspecified atom stereocenters. The predicted octanol–water partition coefficient (Wildman–Crippen LogP) is 4.66. The van der Waals surface area contributed by atoms with E-state index in [-0.39, 0.29) is 11.9 Å². The van der Waals surface area contributed by atoms with Crippen LogP contribution >= 0.6 is 11.6 Å². The first-order chi connectivity index (χ1) is 11.0. The van der Waals surface area contributed by atoms with Gasteiger partial charge in [0.05, 0.1) is 6.04 Å². The molecule has 23 heavy (non-hydrogen) atoms. The van der Waals surface area contributed by atoms with Crippen molar-refractivity contribution >= 4 is 17.5 Å². The fourth-order valence-corrected chi connectivity index (χ4v) is 2.25. The summed E-state index contributed by atoms with van der Waals surface area (Å²) in [6.07, 6.45) is 0. The Morgan fingerprint density at radius 3 is 2.22 bits per heavy atom. The van der Waals surface area contributed by atoms with Gasteiger partial charge < -0.3 is 10.1 Å². The highest BCUT2D eigenvalue weighted by Crippen LogP contribution is 2.18. The molecule has 0 aliphatic heterocycles. The average Bonchev–Trinajstić information content (AvgIpc) is 2.54. The van der Waals surface area contributed by atoms with Gasteiger partial charge in [-0.15, -0.1) is 0 Å². The molecule has 0 aliphatic rings. The van der Waals surface area contributed by atoms with Gasteiger partial charge in [-0.25, -0.2) is 0 Å². The lowest BCUT2D eigenvalue weighted by Crippen LogP contribution is -2.36. The summed E-state index contributed by atoms with van der Waals surface area (Å²) in [5.74, 6) is 1.18. The fraction of sp³-hybridized carbons (Fsp3) is 0.316. The van der Waals surface area contributed by atoms with Gasteiger partial charge in [-0.2, -0.15) is 0 Å². The zero-order valence-corrected chi connectivity index (χ0v) is 14.4. The fourth-order valence-electron chi connectivity index (χ4n) is 2.12. The minimum atomic E-state index is -0.132. The Labute approximate surface area is 142 Å². The van der Waals surface area contributed by atoms with Crippen LogP contribution in [0.25, 0.3) is 0 Å². The molecular formula is C19H22ClNO2. The zero-order chi connectivity index (χ0) is 16.8. The van der Waals surface area contributed by atoms with Gasteiger partial charge in [0.15, 0.2) is 0 Å². The van der Waals surface area contributed by atoms with Gasteiger partial charge in [0.2, 0.25) is 0 Å². The van der Waals surface area contributed by atoms with Crippen molar-refractivity contribution in [2.45, 2.75) is 32.7 Å². The first-order valence-corrected chi connectivity index (χ1v) is 8.12.